The number of nitrogens with one attached hydrogen (secondary N) is 1. The number of anilines is 1. The predicted molar refractivity (Wildman–Crippen MR) is 78.5 cm³/mol. The highest BCUT2D eigenvalue weighted by Gasteiger charge is 2.22. The zero-order chi connectivity index (χ0) is 14.1. The number of hydrogen-bond donors (Lipinski definition) is 1. The molecule has 4 nitrogen and oxygen atoms in total. The maximum absolute atomic E-state index is 12.0. The third kappa shape index (κ3) is 2.32. The third-order valence-corrected chi connectivity index (χ3v) is 4.44. The van der Waals surface area contributed by atoms with E-state index in [2.05, 4.69) is 5.32 Å². The molecular formula is C15H13NO3S. The molecule has 5 heteroatoms. The first kappa shape index (κ1) is 12.9. The lowest BCUT2D eigenvalue weighted by Gasteiger charge is -2.01. The van der Waals surface area contributed by atoms with Gasteiger partial charge in [-0.05, 0) is 35.9 Å². The number of hydrogen-bond acceptors (Lipinski definition) is 4. The summed E-state index contributed by atoms with van der Waals surface area (Å²) in [5.41, 5.74) is 1.64. The molecule has 0 atom stereocenters. The number of thiophene rings is 1. The topological polar surface area (TPSA) is 55.4 Å². The number of methoxy groups -OCH3 is 1. The molecule has 0 unspecified atom stereocenters. The van der Waals surface area contributed by atoms with E-state index < -0.39 is 0 Å². The largest absolute Gasteiger partial charge is 0.497 e. The Hall–Kier alpha value is -2.14. The van der Waals surface area contributed by atoms with Crippen LogP contribution in [0.3, 0.4) is 0 Å². The molecule has 0 aliphatic carbocycles. The molecule has 1 aromatic carbocycles. The second-order valence-corrected chi connectivity index (χ2v) is 5.61. The summed E-state index contributed by atoms with van der Waals surface area (Å²) >= 11 is 1.42. The van der Waals surface area contributed by atoms with Crippen LogP contribution in [0.15, 0.2) is 30.3 Å². The van der Waals surface area contributed by atoms with Crippen molar-refractivity contribution in [3.8, 4) is 16.2 Å². The van der Waals surface area contributed by atoms with Crippen molar-refractivity contribution < 1.29 is 14.3 Å². The number of benzene rings is 1. The van der Waals surface area contributed by atoms with Crippen LogP contribution in [0.5, 0.6) is 5.75 Å². The number of rotatable bonds is 2. The van der Waals surface area contributed by atoms with E-state index in [-0.39, 0.29) is 24.5 Å². The van der Waals surface area contributed by atoms with E-state index in [0.717, 1.165) is 16.2 Å². The highest BCUT2D eigenvalue weighted by molar-refractivity contribution is 7.18. The Morgan fingerprint density at radius 1 is 1.15 bits per heavy atom. The molecule has 2 aromatic rings. The minimum atomic E-state index is -0.101. The number of amides is 1. The van der Waals surface area contributed by atoms with Gasteiger partial charge in [0.15, 0.2) is 5.78 Å². The van der Waals surface area contributed by atoms with Crippen molar-refractivity contribution in [1.82, 2.24) is 0 Å². The summed E-state index contributed by atoms with van der Waals surface area (Å²) in [4.78, 5) is 25.1. The molecule has 0 bridgehead atoms. The van der Waals surface area contributed by atoms with Gasteiger partial charge < -0.3 is 10.1 Å². The van der Waals surface area contributed by atoms with Crippen molar-refractivity contribution >= 4 is 28.7 Å². The van der Waals surface area contributed by atoms with Crippen LogP contribution in [-0.2, 0) is 4.79 Å². The summed E-state index contributed by atoms with van der Waals surface area (Å²) < 4.78 is 5.13. The zero-order valence-electron chi connectivity index (χ0n) is 10.9. The van der Waals surface area contributed by atoms with Crippen molar-refractivity contribution in [2.75, 3.05) is 12.4 Å². The Morgan fingerprint density at radius 2 is 1.90 bits per heavy atom. The lowest BCUT2D eigenvalue weighted by Crippen LogP contribution is -2.08. The van der Waals surface area contributed by atoms with Gasteiger partial charge in [-0.15, -0.1) is 11.3 Å². The molecule has 1 aliphatic rings. The van der Waals surface area contributed by atoms with Gasteiger partial charge in [-0.25, -0.2) is 0 Å². The number of fused-ring (bicyclic) bond motifs is 1. The number of ether oxygens (including phenoxy) is 1. The number of carbonyl (C=O) groups excluding carboxylic acids is 2. The van der Waals surface area contributed by atoms with Crippen LogP contribution >= 0.6 is 11.3 Å². The molecule has 2 heterocycles. The molecule has 0 fully saturated rings. The highest BCUT2D eigenvalue weighted by atomic mass is 32.1. The van der Waals surface area contributed by atoms with Gasteiger partial charge in [0.25, 0.3) is 0 Å². The van der Waals surface area contributed by atoms with E-state index in [4.69, 9.17) is 4.74 Å². The van der Waals surface area contributed by atoms with Crippen LogP contribution in [-0.4, -0.2) is 18.8 Å². The molecule has 1 aliphatic heterocycles. The molecule has 0 saturated heterocycles. The zero-order valence-corrected chi connectivity index (χ0v) is 11.8. The Kier molecular flexibility index (Phi) is 3.28. The predicted octanol–water partition coefficient (Wildman–Crippen LogP) is 3.34. The number of ketones is 1. The summed E-state index contributed by atoms with van der Waals surface area (Å²) in [7, 11) is 1.62. The maximum Gasteiger partial charge on any atom is 0.224 e. The fourth-order valence-electron chi connectivity index (χ4n) is 2.14. The first-order valence-corrected chi connectivity index (χ1v) is 7.10. The summed E-state index contributed by atoms with van der Waals surface area (Å²) in [6.45, 7) is 0. The smallest absolute Gasteiger partial charge is 0.224 e. The van der Waals surface area contributed by atoms with Crippen molar-refractivity contribution in [2.45, 2.75) is 12.8 Å². The average Bonchev–Trinajstić information content (AvgIpc) is 2.83. The first-order valence-electron chi connectivity index (χ1n) is 6.28. The van der Waals surface area contributed by atoms with Crippen molar-refractivity contribution in [3.05, 3.63) is 35.2 Å². The summed E-state index contributed by atoms with van der Waals surface area (Å²) in [5.74, 6) is 0.718. The van der Waals surface area contributed by atoms with E-state index in [0.29, 0.717) is 10.6 Å². The lowest BCUT2D eigenvalue weighted by atomic mass is 10.1. The van der Waals surface area contributed by atoms with E-state index in [1.807, 2.05) is 30.3 Å². The molecule has 20 heavy (non-hydrogen) atoms. The fraction of sp³-hybridized carbons (Fsp3) is 0.200. The van der Waals surface area contributed by atoms with E-state index in [1.165, 1.54) is 11.3 Å². The normalized spacial score (nSPS) is 14.4. The lowest BCUT2D eigenvalue weighted by molar-refractivity contribution is -0.116. The van der Waals surface area contributed by atoms with E-state index >= 15 is 0 Å². The second kappa shape index (κ2) is 5.09. The van der Waals surface area contributed by atoms with Gasteiger partial charge in [0.2, 0.25) is 5.91 Å². The molecule has 102 valence electrons. The van der Waals surface area contributed by atoms with Crippen LogP contribution in [0, 0.1) is 0 Å². The minimum Gasteiger partial charge on any atom is -0.497 e. The fourth-order valence-corrected chi connectivity index (χ4v) is 3.23. The molecule has 0 radical (unpaired) electrons. The van der Waals surface area contributed by atoms with E-state index in [9.17, 15) is 9.59 Å². The Labute approximate surface area is 120 Å². The van der Waals surface area contributed by atoms with Gasteiger partial charge in [0.05, 0.1) is 17.7 Å². The first-order chi connectivity index (χ1) is 9.67. The van der Waals surface area contributed by atoms with Gasteiger partial charge in [0, 0.05) is 17.7 Å². The SMILES string of the molecule is COc1ccc(-c2cc3c(s2)C(=O)CCC(=O)N3)cc1. The summed E-state index contributed by atoms with van der Waals surface area (Å²) in [5, 5.41) is 2.79. The van der Waals surface area contributed by atoms with Crippen molar-refractivity contribution in [2.24, 2.45) is 0 Å². The number of carbonyl (C=O) groups is 2. The van der Waals surface area contributed by atoms with E-state index in [1.54, 1.807) is 7.11 Å². The summed E-state index contributed by atoms with van der Waals surface area (Å²) in [6, 6.07) is 9.50. The minimum absolute atomic E-state index is 0.0307. The van der Waals surface area contributed by atoms with Crippen LogP contribution in [0.4, 0.5) is 5.69 Å². The molecular weight excluding hydrogens is 274 g/mol. The Bertz CT molecular complexity index is 673. The Balaban J connectivity index is 1.99. The second-order valence-electron chi connectivity index (χ2n) is 4.55. The van der Waals surface area contributed by atoms with Crippen LogP contribution < -0.4 is 10.1 Å². The van der Waals surface area contributed by atoms with Gasteiger partial charge in [-0.2, -0.15) is 0 Å². The van der Waals surface area contributed by atoms with Gasteiger partial charge >= 0.3 is 0 Å². The Morgan fingerprint density at radius 3 is 2.60 bits per heavy atom. The standard InChI is InChI=1S/C15H13NO3S/c1-19-10-4-2-9(3-5-10)13-8-11-15(20-13)12(17)6-7-14(18)16-11/h2-5,8H,6-7H2,1H3,(H,16,18). The monoisotopic (exact) mass is 287 g/mol. The van der Waals surface area contributed by atoms with Crippen LogP contribution in [0.2, 0.25) is 0 Å². The van der Waals surface area contributed by atoms with Crippen molar-refractivity contribution in [1.29, 1.82) is 0 Å². The quantitative estimate of drug-likeness (QED) is 0.921. The van der Waals surface area contributed by atoms with Gasteiger partial charge in [-0.3, -0.25) is 9.59 Å². The maximum atomic E-state index is 12.0. The van der Waals surface area contributed by atoms with Gasteiger partial charge in [-0.1, -0.05) is 0 Å². The molecule has 1 amide bonds. The van der Waals surface area contributed by atoms with Crippen LogP contribution in [0.1, 0.15) is 22.5 Å². The summed E-state index contributed by atoms with van der Waals surface area (Å²) in [6.07, 6.45) is 0.541. The third-order valence-electron chi connectivity index (χ3n) is 3.21. The number of Topliss-reactive ketones (excluding diaryl/α,β-unsaturated/α-hetero) is 1. The van der Waals surface area contributed by atoms with Gasteiger partial charge in [0.1, 0.15) is 5.75 Å². The molecule has 0 spiro atoms. The highest BCUT2D eigenvalue weighted by Crippen LogP contribution is 2.37. The average molecular weight is 287 g/mol. The van der Waals surface area contributed by atoms with Crippen LogP contribution in [0.25, 0.3) is 10.4 Å². The van der Waals surface area contributed by atoms with Crippen molar-refractivity contribution in [3.63, 3.8) is 0 Å². The molecule has 1 aromatic heterocycles. The molecule has 3 rings (SSSR count). The molecule has 0 saturated carbocycles. The molecule has 1 N–H and O–H groups in total.